The first-order chi connectivity index (χ1) is 7.33. The van der Waals surface area contributed by atoms with E-state index >= 15 is 0 Å². The maximum Gasteiger partial charge on any atom is 0.0795 e. The number of fused-ring (bicyclic) bond motifs is 1. The van der Waals surface area contributed by atoms with Crippen LogP contribution in [0.1, 0.15) is 18.5 Å². The van der Waals surface area contributed by atoms with Gasteiger partial charge in [-0.25, -0.2) is 4.98 Å². The number of thiazole rings is 1. The second-order valence-electron chi connectivity index (χ2n) is 4.84. The van der Waals surface area contributed by atoms with Crippen molar-refractivity contribution in [1.82, 2.24) is 9.88 Å². The number of nitrogens with zero attached hydrogens (tertiary/aromatic N) is 2. The Balaban J connectivity index is 0.000000963. The molecule has 3 rings (SSSR count). The lowest BCUT2D eigenvalue weighted by Gasteiger charge is -2.16. The highest BCUT2D eigenvalue weighted by molar-refractivity contribution is 7.07. The number of hydrogen-bond donors (Lipinski definition) is 1. The van der Waals surface area contributed by atoms with Crippen molar-refractivity contribution in [1.29, 1.82) is 0 Å². The predicted octanol–water partition coefficient (Wildman–Crippen LogP) is 1.73. The van der Waals surface area contributed by atoms with Crippen LogP contribution in [-0.2, 0) is 6.54 Å². The molecule has 3 nitrogen and oxygen atoms in total. The monoisotopic (exact) mass is 259 g/mol. The standard InChI is InChI=1S/C11H17N3S.ClH/c12-11-2-1-8-3-14(5-10(8)11)4-9-6-15-7-13-9;/h6-8,10-11H,1-5,12H2;1H. The highest BCUT2D eigenvalue weighted by Gasteiger charge is 2.40. The van der Waals surface area contributed by atoms with Crippen LogP contribution in [0, 0.1) is 11.8 Å². The van der Waals surface area contributed by atoms with Crippen LogP contribution in [0.4, 0.5) is 0 Å². The second kappa shape index (κ2) is 5.00. The molecule has 2 aliphatic rings. The smallest absolute Gasteiger partial charge is 0.0795 e. The molecule has 1 aliphatic carbocycles. The molecule has 5 heteroatoms. The first-order valence-electron chi connectivity index (χ1n) is 5.68. The Kier molecular flexibility index (Phi) is 3.85. The van der Waals surface area contributed by atoms with Gasteiger partial charge in [0.15, 0.2) is 0 Å². The summed E-state index contributed by atoms with van der Waals surface area (Å²) in [6.45, 7) is 3.43. The lowest BCUT2D eigenvalue weighted by atomic mass is 9.98. The van der Waals surface area contributed by atoms with Crippen LogP contribution in [-0.4, -0.2) is 29.0 Å². The minimum absolute atomic E-state index is 0. The number of likely N-dealkylation sites (tertiary alicyclic amines) is 1. The molecular formula is C11H18ClN3S. The summed E-state index contributed by atoms with van der Waals surface area (Å²) in [7, 11) is 0. The van der Waals surface area contributed by atoms with Gasteiger partial charge in [0.05, 0.1) is 11.2 Å². The number of aromatic nitrogens is 1. The van der Waals surface area contributed by atoms with Crippen LogP contribution in [0.3, 0.4) is 0 Å². The van der Waals surface area contributed by atoms with E-state index in [0.29, 0.717) is 6.04 Å². The molecule has 16 heavy (non-hydrogen) atoms. The first-order valence-corrected chi connectivity index (χ1v) is 6.62. The van der Waals surface area contributed by atoms with Gasteiger partial charge >= 0.3 is 0 Å². The summed E-state index contributed by atoms with van der Waals surface area (Å²) in [5.41, 5.74) is 9.25. The Bertz CT molecular complexity index is 330. The Morgan fingerprint density at radius 1 is 1.44 bits per heavy atom. The number of hydrogen-bond acceptors (Lipinski definition) is 4. The summed E-state index contributed by atoms with van der Waals surface area (Å²) in [6, 6.07) is 0.454. The molecule has 3 atom stereocenters. The van der Waals surface area contributed by atoms with Crippen LogP contribution in [0.25, 0.3) is 0 Å². The van der Waals surface area contributed by atoms with Crippen molar-refractivity contribution in [3.8, 4) is 0 Å². The molecule has 2 N–H and O–H groups in total. The van der Waals surface area contributed by atoms with Crippen molar-refractivity contribution in [3.63, 3.8) is 0 Å². The van der Waals surface area contributed by atoms with E-state index in [0.717, 1.165) is 18.4 Å². The van der Waals surface area contributed by atoms with Gasteiger partial charge in [0.2, 0.25) is 0 Å². The summed E-state index contributed by atoms with van der Waals surface area (Å²) in [4.78, 5) is 6.86. The fourth-order valence-electron chi connectivity index (χ4n) is 3.07. The van der Waals surface area contributed by atoms with Crippen LogP contribution in [0.2, 0.25) is 0 Å². The quantitative estimate of drug-likeness (QED) is 0.880. The molecular weight excluding hydrogens is 242 g/mol. The molecule has 0 aromatic carbocycles. The topological polar surface area (TPSA) is 42.1 Å². The summed E-state index contributed by atoms with van der Waals surface area (Å²) < 4.78 is 0. The van der Waals surface area contributed by atoms with Crippen LogP contribution < -0.4 is 5.73 Å². The molecule has 0 radical (unpaired) electrons. The predicted molar refractivity (Wildman–Crippen MR) is 68.8 cm³/mol. The van der Waals surface area contributed by atoms with Gasteiger partial charge in [-0.1, -0.05) is 0 Å². The van der Waals surface area contributed by atoms with Gasteiger partial charge in [-0.05, 0) is 24.7 Å². The molecule has 0 amide bonds. The lowest BCUT2D eigenvalue weighted by molar-refractivity contribution is 0.295. The SMILES string of the molecule is Cl.NC1CCC2CN(Cc3cscn3)CC12. The van der Waals surface area contributed by atoms with Gasteiger partial charge in [-0.3, -0.25) is 4.90 Å². The largest absolute Gasteiger partial charge is 0.327 e. The van der Waals surface area contributed by atoms with Gasteiger partial charge in [0, 0.05) is 31.1 Å². The van der Waals surface area contributed by atoms with Gasteiger partial charge < -0.3 is 5.73 Å². The third kappa shape index (κ3) is 2.25. The average Bonchev–Trinajstić information content (AvgIpc) is 2.88. The Morgan fingerprint density at radius 3 is 3.00 bits per heavy atom. The number of halogens is 1. The zero-order valence-corrected chi connectivity index (χ0v) is 10.8. The summed E-state index contributed by atoms with van der Waals surface area (Å²) >= 11 is 1.68. The Labute approximate surface area is 106 Å². The molecule has 1 aromatic heterocycles. The molecule has 1 saturated heterocycles. The van der Waals surface area contributed by atoms with E-state index in [-0.39, 0.29) is 12.4 Å². The molecule has 0 bridgehead atoms. The zero-order chi connectivity index (χ0) is 10.3. The lowest BCUT2D eigenvalue weighted by Crippen LogP contribution is -2.30. The third-order valence-electron chi connectivity index (χ3n) is 3.86. The minimum atomic E-state index is 0. The Morgan fingerprint density at radius 2 is 2.31 bits per heavy atom. The van der Waals surface area contributed by atoms with E-state index in [2.05, 4.69) is 15.3 Å². The van der Waals surface area contributed by atoms with Crippen molar-refractivity contribution in [2.45, 2.75) is 25.4 Å². The van der Waals surface area contributed by atoms with E-state index in [1.807, 2.05) is 5.51 Å². The molecule has 0 spiro atoms. The second-order valence-corrected chi connectivity index (χ2v) is 5.56. The summed E-state index contributed by atoms with van der Waals surface area (Å²) in [6.07, 6.45) is 2.57. The highest BCUT2D eigenvalue weighted by Crippen LogP contribution is 2.37. The molecule has 90 valence electrons. The first kappa shape index (κ1) is 12.3. The van der Waals surface area contributed by atoms with Crippen LogP contribution in [0.15, 0.2) is 10.9 Å². The fourth-order valence-corrected chi connectivity index (χ4v) is 3.62. The van der Waals surface area contributed by atoms with E-state index in [4.69, 9.17) is 5.73 Å². The highest BCUT2D eigenvalue weighted by atomic mass is 35.5. The summed E-state index contributed by atoms with van der Waals surface area (Å²) in [5.74, 6) is 1.61. The molecule has 1 saturated carbocycles. The van der Waals surface area contributed by atoms with Crippen LogP contribution >= 0.6 is 23.7 Å². The van der Waals surface area contributed by atoms with Crippen molar-refractivity contribution in [3.05, 3.63) is 16.6 Å². The maximum atomic E-state index is 6.12. The van der Waals surface area contributed by atoms with E-state index in [9.17, 15) is 0 Å². The van der Waals surface area contributed by atoms with Crippen molar-refractivity contribution in [2.75, 3.05) is 13.1 Å². The Hall–Kier alpha value is -0.160. The molecule has 2 heterocycles. The van der Waals surface area contributed by atoms with Gasteiger partial charge in [-0.15, -0.1) is 23.7 Å². The zero-order valence-electron chi connectivity index (χ0n) is 9.21. The molecule has 1 aromatic rings. The van der Waals surface area contributed by atoms with Gasteiger partial charge in [-0.2, -0.15) is 0 Å². The van der Waals surface area contributed by atoms with Crippen molar-refractivity contribution < 1.29 is 0 Å². The number of nitrogens with two attached hydrogens (primary N) is 1. The van der Waals surface area contributed by atoms with E-state index in [1.54, 1.807) is 11.3 Å². The minimum Gasteiger partial charge on any atom is -0.327 e. The van der Waals surface area contributed by atoms with Crippen molar-refractivity contribution >= 4 is 23.7 Å². The van der Waals surface area contributed by atoms with Gasteiger partial charge in [0.25, 0.3) is 0 Å². The average molecular weight is 260 g/mol. The van der Waals surface area contributed by atoms with Crippen molar-refractivity contribution in [2.24, 2.45) is 17.6 Å². The van der Waals surface area contributed by atoms with E-state index in [1.165, 1.54) is 31.6 Å². The maximum absolute atomic E-state index is 6.12. The fraction of sp³-hybridized carbons (Fsp3) is 0.727. The third-order valence-corrected chi connectivity index (χ3v) is 4.49. The van der Waals surface area contributed by atoms with E-state index < -0.39 is 0 Å². The summed E-state index contributed by atoms with van der Waals surface area (Å²) in [5, 5.41) is 2.15. The van der Waals surface area contributed by atoms with Crippen LogP contribution in [0.5, 0.6) is 0 Å². The normalized spacial score (nSPS) is 33.7. The molecule has 2 fully saturated rings. The molecule has 1 aliphatic heterocycles. The van der Waals surface area contributed by atoms with Gasteiger partial charge in [0.1, 0.15) is 0 Å². The number of rotatable bonds is 2. The molecule has 3 unspecified atom stereocenters.